The fourth-order valence-corrected chi connectivity index (χ4v) is 2.64. The SMILES string of the molecule is CCOC(=O)/C(C)=C\c1ccc(Cc2cccnc2)n1C(C)C. The highest BCUT2D eigenvalue weighted by molar-refractivity contribution is 5.92. The smallest absolute Gasteiger partial charge is 0.333 e. The van der Waals surface area contributed by atoms with E-state index in [2.05, 4.69) is 41.6 Å². The minimum absolute atomic E-state index is 0.266. The second-order valence-electron chi connectivity index (χ2n) is 5.80. The number of nitrogens with zero attached hydrogens (tertiary/aromatic N) is 2. The molecule has 23 heavy (non-hydrogen) atoms. The molecule has 0 spiro atoms. The fourth-order valence-electron chi connectivity index (χ4n) is 2.64. The van der Waals surface area contributed by atoms with Gasteiger partial charge >= 0.3 is 5.97 Å². The Morgan fingerprint density at radius 1 is 1.35 bits per heavy atom. The number of hydrogen-bond donors (Lipinski definition) is 0. The Bertz CT molecular complexity index is 685. The number of pyridine rings is 1. The Hall–Kier alpha value is -2.36. The van der Waals surface area contributed by atoms with Crippen LogP contribution < -0.4 is 0 Å². The summed E-state index contributed by atoms with van der Waals surface area (Å²) in [4.78, 5) is 16.0. The molecule has 4 heteroatoms. The van der Waals surface area contributed by atoms with E-state index in [0.717, 1.165) is 12.1 Å². The normalized spacial score (nSPS) is 11.8. The van der Waals surface area contributed by atoms with Crippen molar-refractivity contribution in [1.29, 1.82) is 0 Å². The lowest BCUT2D eigenvalue weighted by Gasteiger charge is -2.16. The number of hydrogen-bond acceptors (Lipinski definition) is 3. The van der Waals surface area contributed by atoms with Gasteiger partial charge in [0.15, 0.2) is 0 Å². The van der Waals surface area contributed by atoms with Gasteiger partial charge < -0.3 is 9.30 Å². The molecule has 0 N–H and O–H groups in total. The summed E-state index contributed by atoms with van der Waals surface area (Å²) in [6.45, 7) is 8.28. The van der Waals surface area contributed by atoms with Gasteiger partial charge in [-0.25, -0.2) is 4.79 Å². The first-order valence-electron chi connectivity index (χ1n) is 7.97. The van der Waals surface area contributed by atoms with E-state index in [9.17, 15) is 4.79 Å². The van der Waals surface area contributed by atoms with Crippen molar-refractivity contribution in [2.24, 2.45) is 0 Å². The first kappa shape index (κ1) is 17.0. The summed E-state index contributed by atoms with van der Waals surface area (Å²) < 4.78 is 7.30. The second kappa shape index (κ2) is 7.77. The number of rotatable bonds is 6. The predicted octanol–water partition coefficient (Wildman–Crippen LogP) is 4.02. The van der Waals surface area contributed by atoms with Crippen molar-refractivity contribution in [2.75, 3.05) is 6.61 Å². The molecule has 0 atom stereocenters. The molecule has 0 amide bonds. The van der Waals surface area contributed by atoms with Crippen molar-refractivity contribution in [3.63, 3.8) is 0 Å². The molecule has 2 heterocycles. The van der Waals surface area contributed by atoms with Gasteiger partial charge in [-0.2, -0.15) is 0 Å². The third kappa shape index (κ3) is 4.31. The molecule has 0 aliphatic carbocycles. The van der Waals surface area contributed by atoms with Gasteiger partial charge in [0.2, 0.25) is 0 Å². The first-order chi connectivity index (χ1) is 11.0. The number of carbonyl (C=O) groups is 1. The molecule has 0 saturated carbocycles. The Morgan fingerprint density at radius 2 is 2.13 bits per heavy atom. The average Bonchev–Trinajstić information content (AvgIpc) is 2.91. The zero-order valence-electron chi connectivity index (χ0n) is 14.2. The summed E-state index contributed by atoms with van der Waals surface area (Å²) in [5, 5.41) is 0. The van der Waals surface area contributed by atoms with Gasteiger partial charge in [-0.3, -0.25) is 4.98 Å². The molecule has 2 rings (SSSR count). The molecule has 0 bridgehead atoms. The standard InChI is InChI=1S/C19H24N2O2/c1-5-23-19(22)15(4)11-17-8-9-18(21(17)14(2)3)12-16-7-6-10-20-13-16/h6-11,13-14H,5,12H2,1-4H3/b15-11-. The van der Waals surface area contributed by atoms with E-state index in [-0.39, 0.29) is 5.97 Å². The summed E-state index contributed by atoms with van der Waals surface area (Å²) >= 11 is 0. The Morgan fingerprint density at radius 3 is 2.74 bits per heavy atom. The van der Waals surface area contributed by atoms with Gasteiger partial charge in [0.25, 0.3) is 0 Å². The van der Waals surface area contributed by atoms with E-state index in [4.69, 9.17) is 4.74 Å². The zero-order chi connectivity index (χ0) is 16.8. The van der Waals surface area contributed by atoms with Crippen molar-refractivity contribution < 1.29 is 9.53 Å². The van der Waals surface area contributed by atoms with Crippen LogP contribution in [0.1, 0.15) is 50.7 Å². The first-order valence-corrected chi connectivity index (χ1v) is 7.97. The van der Waals surface area contributed by atoms with Crippen LogP contribution in [0, 0.1) is 0 Å². The summed E-state index contributed by atoms with van der Waals surface area (Å²) in [7, 11) is 0. The molecule has 0 fully saturated rings. The van der Waals surface area contributed by atoms with Crippen molar-refractivity contribution in [3.8, 4) is 0 Å². The maximum Gasteiger partial charge on any atom is 0.333 e. The summed E-state index contributed by atoms with van der Waals surface area (Å²) in [6.07, 6.45) is 6.38. The molecular formula is C19H24N2O2. The Kier molecular flexibility index (Phi) is 5.74. The zero-order valence-corrected chi connectivity index (χ0v) is 14.2. The molecule has 2 aromatic rings. The van der Waals surface area contributed by atoms with Crippen LogP contribution in [0.5, 0.6) is 0 Å². The van der Waals surface area contributed by atoms with E-state index >= 15 is 0 Å². The topological polar surface area (TPSA) is 44.1 Å². The van der Waals surface area contributed by atoms with Crippen LogP contribution in [0.4, 0.5) is 0 Å². The predicted molar refractivity (Wildman–Crippen MR) is 92.1 cm³/mol. The summed E-state index contributed by atoms with van der Waals surface area (Å²) in [5.74, 6) is -0.266. The van der Waals surface area contributed by atoms with Crippen LogP contribution in [0.3, 0.4) is 0 Å². The van der Waals surface area contributed by atoms with E-state index in [1.165, 1.54) is 11.3 Å². The maximum absolute atomic E-state index is 11.8. The molecule has 0 aromatic carbocycles. The van der Waals surface area contributed by atoms with Crippen molar-refractivity contribution in [2.45, 2.75) is 40.2 Å². The molecular weight excluding hydrogens is 288 g/mol. The molecule has 0 aliphatic rings. The molecule has 122 valence electrons. The minimum atomic E-state index is -0.266. The lowest BCUT2D eigenvalue weighted by molar-refractivity contribution is -0.138. The van der Waals surface area contributed by atoms with Crippen LogP contribution in [-0.2, 0) is 16.0 Å². The van der Waals surface area contributed by atoms with Crippen molar-refractivity contribution in [1.82, 2.24) is 9.55 Å². The van der Waals surface area contributed by atoms with E-state index in [1.54, 1.807) is 13.1 Å². The maximum atomic E-state index is 11.8. The molecule has 0 aliphatic heterocycles. The van der Waals surface area contributed by atoms with Gasteiger partial charge in [-0.1, -0.05) is 6.07 Å². The number of ether oxygens (including phenoxy) is 1. The van der Waals surface area contributed by atoms with Crippen LogP contribution in [0.2, 0.25) is 0 Å². The Balaban J connectivity index is 2.32. The van der Waals surface area contributed by atoms with E-state index in [1.807, 2.05) is 25.3 Å². The van der Waals surface area contributed by atoms with E-state index in [0.29, 0.717) is 18.2 Å². The van der Waals surface area contributed by atoms with Gasteiger partial charge in [0, 0.05) is 41.8 Å². The highest BCUT2D eigenvalue weighted by atomic mass is 16.5. The fraction of sp³-hybridized carbons (Fsp3) is 0.368. The lowest BCUT2D eigenvalue weighted by Crippen LogP contribution is -2.09. The summed E-state index contributed by atoms with van der Waals surface area (Å²) in [6, 6.07) is 8.48. The van der Waals surface area contributed by atoms with Crippen LogP contribution in [0.25, 0.3) is 6.08 Å². The van der Waals surface area contributed by atoms with Crippen molar-refractivity contribution >= 4 is 12.0 Å². The average molecular weight is 312 g/mol. The minimum Gasteiger partial charge on any atom is -0.463 e. The van der Waals surface area contributed by atoms with Gasteiger partial charge in [-0.15, -0.1) is 0 Å². The highest BCUT2D eigenvalue weighted by Gasteiger charge is 2.12. The second-order valence-corrected chi connectivity index (χ2v) is 5.80. The quantitative estimate of drug-likeness (QED) is 0.598. The van der Waals surface area contributed by atoms with Crippen LogP contribution in [-0.4, -0.2) is 22.1 Å². The van der Waals surface area contributed by atoms with Crippen LogP contribution >= 0.6 is 0 Å². The molecule has 0 saturated heterocycles. The van der Waals surface area contributed by atoms with Gasteiger partial charge in [-0.05, 0) is 57.5 Å². The molecule has 0 radical (unpaired) electrons. The third-order valence-electron chi connectivity index (χ3n) is 3.62. The molecule has 2 aromatic heterocycles. The number of aromatic nitrogens is 2. The molecule has 0 unspecified atom stereocenters. The van der Waals surface area contributed by atoms with Gasteiger partial charge in [0.1, 0.15) is 0 Å². The number of carbonyl (C=O) groups excluding carboxylic acids is 1. The number of esters is 1. The van der Waals surface area contributed by atoms with E-state index < -0.39 is 0 Å². The largest absolute Gasteiger partial charge is 0.463 e. The van der Waals surface area contributed by atoms with Crippen LogP contribution in [0.15, 0.2) is 42.2 Å². The lowest BCUT2D eigenvalue weighted by atomic mass is 10.1. The monoisotopic (exact) mass is 312 g/mol. The Labute approximate surface area is 137 Å². The summed E-state index contributed by atoms with van der Waals surface area (Å²) in [5.41, 5.74) is 4.00. The molecule has 4 nitrogen and oxygen atoms in total. The highest BCUT2D eigenvalue weighted by Crippen LogP contribution is 2.21. The van der Waals surface area contributed by atoms with Crippen molar-refractivity contribution in [3.05, 3.63) is 59.2 Å². The third-order valence-corrected chi connectivity index (χ3v) is 3.62. The van der Waals surface area contributed by atoms with Gasteiger partial charge in [0.05, 0.1) is 6.61 Å².